The van der Waals surface area contributed by atoms with Crippen LogP contribution in [0.5, 0.6) is 0 Å². The number of piperazine rings is 1. The number of benzene rings is 2. The maximum absolute atomic E-state index is 11.3. The van der Waals surface area contributed by atoms with Crippen LogP contribution in [0.1, 0.15) is 48.3 Å². The van der Waals surface area contributed by atoms with Crippen LogP contribution in [0.3, 0.4) is 0 Å². The van der Waals surface area contributed by atoms with E-state index in [1.165, 1.54) is 62.0 Å². The number of nitrogens with one attached hydrogen (secondary N) is 1. The normalized spacial score (nSPS) is 26.4. The van der Waals surface area contributed by atoms with Gasteiger partial charge in [-0.3, -0.25) is 14.4 Å². The van der Waals surface area contributed by atoms with Crippen molar-refractivity contribution in [2.75, 3.05) is 39.3 Å². The first-order valence-electron chi connectivity index (χ1n) is 12.8. The van der Waals surface area contributed by atoms with Crippen LogP contribution in [0.15, 0.2) is 53.4 Å². The third-order valence-corrected chi connectivity index (χ3v) is 8.82. The second kappa shape index (κ2) is 10.5. The van der Waals surface area contributed by atoms with E-state index in [0.717, 1.165) is 50.6 Å². The summed E-state index contributed by atoms with van der Waals surface area (Å²) < 4.78 is 31.8. The molecule has 34 heavy (non-hydrogen) atoms. The van der Waals surface area contributed by atoms with Crippen molar-refractivity contribution in [2.45, 2.75) is 55.5 Å². The Bertz CT molecular complexity index is 1040. The van der Waals surface area contributed by atoms with Gasteiger partial charge in [-0.25, -0.2) is 0 Å². The third-order valence-electron chi connectivity index (χ3n) is 7.95. The van der Waals surface area contributed by atoms with Gasteiger partial charge in [-0.05, 0) is 85.9 Å². The van der Waals surface area contributed by atoms with Gasteiger partial charge >= 0.3 is 0 Å². The highest BCUT2D eigenvalue weighted by Gasteiger charge is 2.34. The van der Waals surface area contributed by atoms with Crippen molar-refractivity contribution in [3.05, 3.63) is 65.2 Å². The zero-order valence-electron chi connectivity index (χ0n) is 19.9. The fourth-order valence-electron chi connectivity index (χ4n) is 5.90. The molecule has 2 saturated heterocycles. The Kier molecular flexibility index (Phi) is 7.37. The lowest BCUT2D eigenvalue weighted by atomic mass is 9.71. The number of hydrogen-bond acceptors (Lipinski definition) is 5. The van der Waals surface area contributed by atoms with Gasteiger partial charge < -0.3 is 5.32 Å². The second-order valence-corrected chi connectivity index (χ2v) is 11.9. The van der Waals surface area contributed by atoms with Crippen molar-refractivity contribution in [3.8, 4) is 0 Å². The highest BCUT2D eigenvalue weighted by Crippen LogP contribution is 2.42. The first-order chi connectivity index (χ1) is 16.4. The monoisotopic (exact) mass is 483 g/mol. The van der Waals surface area contributed by atoms with Crippen molar-refractivity contribution in [3.63, 3.8) is 0 Å². The fourth-order valence-corrected chi connectivity index (χ4v) is 6.38. The summed E-state index contributed by atoms with van der Waals surface area (Å²) >= 11 is 0. The summed E-state index contributed by atoms with van der Waals surface area (Å²) in [5, 5.41) is 3.51. The average molecular weight is 484 g/mol. The molecule has 2 aromatic carbocycles. The minimum absolute atomic E-state index is 0.0422. The summed E-state index contributed by atoms with van der Waals surface area (Å²) in [6, 6.07) is 16.4. The van der Waals surface area contributed by atoms with E-state index in [1.807, 2.05) is 12.1 Å². The molecule has 5 rings (SSSR count). The molecule has 3 aliphatic rings. The smallest absolute Gasteiger partial charge is 0.294 e. The summed E-state index contributed by atoms with van der Waals surface area (Å²) in [6.07, 6.45) is 6.11. The molecule has 0 aromatic heterocycles. The minimum atomic E-state index is -4.14. The molecule has 1 unspecified atom stereocenters. The molecule has 1 atom stereocenters. The Morgan fingerprint density at radius 3 is 2.26 bits per heavy atom. The van der Waals surface area contributed by atoms with Gasteiger partial charge in [0.25, 0.3) is 10.1 Å². The predicted octanol–water partition coefficient (Wildman–Crippen LogP) is 3.54. The third kappa shape index (κ3) is 5.89. The average Bonchev–Trinajstić information content (AvgIpc) is 3.31. The highest BCUT2D eigenvalue weighted by molar-refractivity contribution is 7.85. The zero-order valence-corrected chi connectivity index (χ0v) is 20.7. The van der Waals surface area contributed by atoms with E-state index < -0.39 is 10.1 Å². The molecule has 0 amide bonds. The standard InChI is InChI=1S/C27H37N3O3S/c31-34(32,33)27-9-5-21(6-10-27)17-26-18-28-11-14-30(26)20-23-15-25(16-23)24-7-3-22(4-8-24)19-29-12-1-2-13-29/h3-10,23,25-26,28H,1-2,11-20H2,(H,31,32,33). The maximum Gasteiger partial charge on any atom is 0.294 e. The van der Waals surface area contributed by atoms with Crippen molar-refractivity contribution < 1.29 is 13.0 Å². The van der Waals surface area contributed by atoms with Crippen molar-refractivity contribution >= 4 is 10.1 Å². The van der Waals surface area contributed by atoms with E-state index in [-0.39, 0.29) is 4.90 Å². The molecule has 0 bridgehead atoms. The van der Waals surface area contributed by atoms with Crippen LogP contribution < -0.4 is 5.32 Å². The molecule has 2 N–H and O–H groups in total. The largest absolute Gasteiger partial charge is 0.314 e. The quantitative estimate of drug-likeness (QED) is 0.560. The summed E-state index contributed by atoms with van der Waals surface area (Å²) in [6.45, 7) is 7.75. The summed E-state index contributed by atoms with van der Waals surface area (Å²) in [7, 11) is -4.14. The van der Waals surface area contributed by atoms with Crippen LogP contribution in [0.4, 0.5) is 0 Å². The van der Waals surface area contributed by atoms with Gasteiger partial charge in [0.05, 0.1) is 4.90 Å². The van der Waals surface area contributed by atoms with Crippen molar-refractivity contribution in [2.24, 2.45) is 5.92 Å². The molecular formula is C27H37N3O3S. The molecule has 1 saturated carbocycles. The SMILES string of the molecule is O=S(=O)(O)c1ccc(CC2CNCCN2CC2CC(c3ccc(CN4CCCC4)cc3)C2)cc1. The number of likely N-dealkylation sites (tertiary alicyclic amines) is 1. The Labute approximate surface area is 204 Å². The van der Waals surface area contributed by atoms with Gasteiger partial charge in [0.1, 0.15) is 0 Å². The summed E-state index contributed by atoms with van der Waals surface area (Å²) in [5.74, 6) is 1.44. The van der Waals surface area contributed by atoms with Crippen LogP contribution in [0.2, 0.25) is 0 Å². The van der Waals surface area contributed by atoms with E-state index in [9.17, 15) is 13.0 Å². The Morgan fingerprint density at radius 1 is 0.912 bits per heavy atom. The molecule has 6 nitrogen and oxygen atoms in total. The Hall–Kier alpha value is -1.77. The van der Waals surface area contributed by atoms with E-state index in [2.05, 4.69) is 39.4 Å². The highest BCUT2D eigenvalue weighted by atomic mass is 32.2. The predicted molar refractivity (Wildman–Crippen MR) is 135 cm³/mol. The minimum Gasteiger partial charge on any atom is -0.314 e. The Morgan fingerprint density at radius 2 is 1.59 bits per heavy atom. The topological polar surface area (TPSA) is 72.9 Å². The Balaban J connectivity index is 1.11. The molecule has 184 valence electrons. The molecule has 7 heteroatoms. The molecule has 2 aromatic rings. The van der Waals surface area contributed by atoms with E-state index in [0.29, 0.717) is 12.0 Å². The molecular weight excluding hydrogens is 446 g/mol. The van der Waals surface area contributed by atoms with E-state index >= 15 is 0 Å². The molecule has 1 aliphatic carbocycles. The number of nitrogens with zero attached hydrogens (tertiary/aromatic N) is 2. The maximum atomic E-state index is 11.3. The fraction of sp³-hybridized carbons (Fsp3) is 0.556. The van der Waals surface area contributed by atoms with Crippen LogP contribution in [0, 0.1) is 5.92 Å². The molecule has 3 fully saturated rings. The molecule has 0 spiro atoms. The van der Waals surface area contributed by atoms with Gasteiger partial charge in [0.15, 0.2) is 0 Å². The first kappa shape index (κ1) is 23.9. The van der Waals surface area contributed by atoms with Crippen molar-refractivity contribution in [1.29, 1.82) is 0 Å². The van der Waals surface area contributed by atoms with Gasteiger partial charge in [0.2, 0.25) is 0 Å². The molecule has 0 radical (unpaired) electrons. The molecule has 2 heterocycles. The van der Waals surface area contributed by atoms with Gasteiger partial charge in [-0.15, -0.1) is 0 Å². The van der Waals surface area contributed by atoms with Crippen LogP contribution >= 0.6 is 0 Å². The summed E-state index contributed by atoms with van der Waals surface area (Å²) in [4.78, 5) is 5.13. The second-order valence-electron chi connectivity index (χ2n) is 10.4. The number of hydrogen-bond donors (Lipinski definition) is 2. The zero-order chi connectivity index (χ0) is 23.5. The van der Waals surface area contributed by atoms with Crippen molar-refractivity contribution in [1.82, 2.24) is 15.1 Å². The first-order valence-corrected chi connectivity index (χ1v) is 14.2. The van der Waals surface area contributed by atoms with Crippen LogP contribution in [0.25, 0.3) is 0 Å². The summed E-state index contributed by atoms with van der Waals surface area (Å²) in [5.41, 5.74) is 4.04. The van der Waals surface area contributed by atoms with Gasteiger partial charge in [-0.1, -0.05) is 36.4 Å². The lowest BCUT2D eigenvalue weighted by Gasteiger charge is -2.43. The lowest BCUT2D eigenvalue weighted by molar-refractivity contribution is 0.100. The van der Waals surface area contributed by atoms with Crippen LogP contribution in [-0.2, 0) is 23.1 Å². The van der Waals surface area contributed by atoms with E-state index in [1.54, 1.807) is 0 Å². The molecule has 2 aliphatic heterocycles. The number of rotatable bonds is 8. The van der Waals surface area contributed by atoms with Crippen LogP contribution in [-0.4, -0.2) is 68.1 Å². The van der Waals surface area contributed by atoms with Gasteiger partial charge in [-0.2, -0.15) is 8.42 Å². The van der Waals surface area contributed by atoms with Gasteiger partial charge in [0, 0.05) is 38.8 Å². The lowest BCUT2D eigenvalue weighted by Crippen LogP contribution is -2.54. The van der Waals surface area contributed by atoms with E-state index in [4.69, 9.17) is 0 Å².